The predicted molar refractivity (Wildman–Crippen MR) is 110 cm³/mol. The largest absolute Gasteiger partial charge is 0.451 e. The van der Waals surface area contributed by atoms with Crippen molar-refractivity contribution in [2.75, 3.05) is 11.9 Å². The fourth-order valence-corrected chi connectivity index (χ4v) is 4.45. The molecule has 0 aliphatic heterocycles. The van der Waals surface area contributed by atoms with E-state index in [1.807, 2.05) is 30.3 Å². The van der Waals surface area contributed by atoms with Crippen LogP contribution < -0.4 is 5.32 Å². The van der Waals surface area contributed by atoms with Gasteiger partial charge in [-0.3, -0.25) is 4.79 Å². The van der Waals surface area contributed by atoms with Crippen molar-refractivity contribution >= 4 is 28.9 Å². The Morgan fingerprint density at radius 2 is 1.89 bits per heavy atom. The number of carbonyl (C=O) groups excluding carboxylic acids is 2. The number of anilines is 1. The van der Waals surface area contributed by atoms with Crippen LogP contribution in [0.15, 0.2) is 30.3 Å². The number of ether oxygens (including phenoxy) is 1. The third-order valence-electron chi connectivity index (χ3n) is 5.16. The summed E-state index contributed by atoms with van der Waals surface area (Å²) < 4.78 is 5.21. The average Bonchev–Trinajstić information content (AvgIpc) is 2.96. The van der Waals surface area contributed by atoms with Crippen LogP contribution in [-0.2, 0) is 22.4 Å². The molecule has 0 fully saturated rings. The van der Waals surface area contributed by atoms with Crippen LogP contribution in [0, 0.1) is 0 Å². The topological polar surface area (TPSA) is 55.4 Å². The zero-order chi connectivity index (χ0) is 19.2. The molecule has 0 unspecified atom stereocenters. The molecule has 0 radical (unpaired) electrons. The van der Waals surface area contributed by atoms with Crippen molar-refractivity contribution in [1.29, 1.82) is 0 Å². The highest BCUT2D eigenvalue weighted by Crippen LogP contribution is 2.29. The van der Waals surface area contributed by atoms with Crippen LogP contribution in [0.5, 0.6) is 0 Å². The van der Waals surface area contributed by atoms with Crippen LogP contribution in [0.25, 0.3) is 0 Å². The van der Waals surface area contributed by atoms with Gasteiger partial charge in [0.15, 0.2) is 6.61 Å². The minimum atomic E-state index is -0.407. The highest BCUT2D eigenvalue weighted by molar-refractivity contribution is 7.14. The van der Waals surface area contributed by atoms with E-state index in [4.69, 9.17) is 4.74 Å². The zero-order valence-corrected chi connectivity index (χ0v) is 16.9. The van der Waals surface area contributed by atoms with Crippen molar-refractivity contribution in [1.82, 2.24) is 0 Å². The van der Waals surface area contributed by atoms with Crippen molar-refractivity contribution in [3.63, 3.8) is 0 Å². The number of hydrogen-bond acceptors (Lipinski definition) is 4. The van der Waals surface area contributed by atoms with Gasteiger partial charge < -0.3 is 10.1 Å². The Balaban J connectivity index is 1.51. The van der Waals surface area contributed by atoms with Gasteiger partial charge >= 0.3 is 5.97 Å². The molecule has 0 spiro atoms. The van der Waals surface area contributed by atoms with Crippen molar-refractivity contribution in [3.05, 3.63) is 51.2 Å². The fraction of sp³-hybridized carbons (Fsp3) is 0.455. The molecule has 1 aliphatic carbocycles. The second kappa shape index (κ2) is 9.18. The first-order valence-electron chi connectivity index (χ1n) is 9.75. The molecule has 3 rings (SSSR count). The van der Waals surface area contributed by atoms with Crippen LogP contribution in [0.2, 0.25) is 0 Å². The maximum absolute atomic E-state index is 12.3. The van der Waals surface area contributed by atoms with Crippen LogP contribution in [0.1, 0.15) is 71.1 Å². The minimum absolute atomic E-state index is 0.269. The van der Waals surface area contributed by atoms with E-state index in [1.165, 1.54) is 46.6 Å². The van der Waals surface area contributed by atoms with Gasteiger partial charge in [-0.25, -0.2) is 4.79 Å². The van der Waals surface area contributed by atoms with E-state index in [-0.39, 0.29) is 12.5 Å². The Morgan fingerprint density at radius 3 is 2.63 bits per heavy atom. The second-order valence-electron chi connectivity index (χ2n) is 7.18. The number of thiophene rings is 1. The molecule has 1 heterocycles. The van der Waals surface area contributed by atoms with Gasteiger partial charge in [0.05, 0.1) is 0 Å². The van der Waals surface area contributed by atoms with Gasteiger partial charge in [-0.05, 0) is 67.3 Å². The van der Waals surface area contributed by atoms with Crippen molar-refractivity contribution in [2.45, 2.75) is 58.3 Å². The normalized spacial score (nSPS) is 14.7. The standard InChI is InChI=1S/C22H27NO3S/c1-3-15(2)16-9-11-18(12-10-16)23-21(24)14-26-22(25)20-13-17-7-5-4-6-8-19(17)27-20/h9-13,15H,3-8,14H2,1-2H3,(H,23,24)/t15-/m0/s1. The summed E-state index contributed by atoms with van der Waals surface area (Å²) in [6.07, 6.45) is 6.76. The third-order valence-corrected chi connectivity index (χ3v) is 6.38. The molecule has 144 valence electrons. The lowest BCUT2D eigenvalue weighted by molar-refractivity contribution is -0.119. The Labute approximate surface area is 164 Å². The minimum Gasteiger partial charge on any atom is -0.451 e. The smallest absolute Gasteiger partial charge is 0.348 e. The van der Waals surface area contributed by atoms with Gasteiger partial charge in [0.25, 0.3) is 5.91 Å². The first-order valence-corrected chi connectivity index (χ1v) is 10.6. The van der Waals surface area contributed by atoms with E-state index in [9.17, 15) is 9.59 Å². The molecule has 1 aromatic carbocycles. The summed E-state index contributed by atoms with van der Waals surface area (Å²) in [5.41, 5.74) is 3.24. The van der Waals surface area contributed by atoms with E-state index in [0.717, 1.165) is 19.3 Å². The number of amides is 1. The summed E-state index contributed by atoms with van der Waals surface area (Å²) in [7, 11) is 0. The SMILES string of the molecule is CC[C@H](C)c1ccc(NC(=O)COC(=O)c2cc3c(s2)CCCCC3)cc1. The summed E-state index contributed by atoms with van der Waals surface area (Å²) in [5.74, 6) is -0.232. The monoisotopic (exact) mass is 385 g/mol. The summed E-state index contributed by atoms with van der Waals surface area (Å²) in [5, 5.41) is 2.78. The molecule has 1 amide bonds. The summed E-state index contributed by atoms with van der Waals surface area (Å²) in [6, 6.07) is 9.76. The van der Waals surface area contributed by atoms with Crippen molar-refractivity contribution in [2.24, 2.45) is 0 Å². The summed E-state index contributed by atoms with van der Waals surface area (Å²) in [4.78, 5) is 26.2. The molecule has 0 bridgehead atoms. The molecular formula is C22H27NO3S. The van der Waals surface area contributed by atoms with Gasteiger partial charge in [0.2, 0.25) is 0 Å². The number of aryl methyl sites for hydroxylation is 2. The first kappa shape index (κ1) is 19.6. The number of rotatable bonds is 6. The average molecular weight is 386 g/mol. The Hall–Kier alpha value is -2.14. The predicted octanol–water partition coefficient (Wildman–Crippen LogP) is 5.33. The third kappa shape index (κ3) is 5.19. The van der Waals surface area contributed by atoms with E-state index in [1.54, 1.807) is 0 Å². The van der Waals surface area contributed by atoms with E-state index in [0.29, 0.717) is 16.5 Å². The van der Waals surface area contributed by atoms with Crippen molar-refractivity contribution in [3.8, 4) is 0 Å². The number of esters is 1. The summed E-state index contributed by atoms with van der Waals surface area (Å²) in [6.45, 7) is 4.06. The number of carbonyl (C=O) groups is 2. The molecule has 4 nitrogen and oxygen atoms in total. The quantitative estimate of drug-likeness (QED) is 0.540. The molecule has 27 heavy (non-hydrogen) atoms. The molecule has 5 heteroatoms. The highest BCUT2D eigenvalue weighted by Gasteiger charge is 2.18. The molecule has 0 saturated carbocycles. The molecule has 0 saturated heterocycles. The molecule has 1 aliphatic rings. The van der Waals surface area contributed by atoms with Crippen LogP contribution in [0.3, 0.4) is 0 Å². The molecule has 1 N–H and O–H groups in total. The van der Waals surface area contributed by atoms with Crippen molar-refractivity contribution < 1.29 is 14.3 Å². The Kier molecular flexibility index (Phi) is 6.67. The van der Waals surface area contributed by atoms with Crippen LogP contribution in [-0.4, -0.2) is 18.5 Å². The van der Waals surface area contributed by atoms with Gasteiger partial charge in [-0.15, -0.1) is 11.3 Å². The number of nitrogens with one attached hydrogen (secondary N) is 1. The van der Waals surface area contributed by atoms with Crippen LogP contribution in [0.4, 0.5) is 5.69 Å². The van der Waals surface area contributed by atoms with Gasteiger partial charge in [0, 0.05) is 10.6 Å². The lowest BCUT2D eigenvalue weighted by Gasteiger charge is -2.10. The lowest BCUT2D eigenvalue weighted by Crippen LogP contribution is -2.20. The maximum Gasteiger partial charge on any atom is 0.348 e. The fourth-order valence-electron chi connectivity index (χ4n) is 3.30. The van der Waals surface area contributed by atoms with E-state index >= 15 is 0 Å². The highest BCUT2D eigenvalue weighted by atomic mass is 32.1. The maximum atomic E-state index is 12.3. The number of fused-ring (bicyclic) bond motifs is 1. The second-order valence-corrected chi connectivity index (χ2v) is 8.31. The first-order chi connectivity index (χ1) is 13.1. The number of hydrogen-bond donors (Lipinski definition) is 1. The summed E-state index contributed by atoms with van der Waals surface area (Å²) >= 11 is 1.51. The van der Waals surface area contributed by atoms with Gasteiger partial charge in [0.1, 0.15) is 4.88 Å². The Bertz CT molecular complexity index is 771. The molecule has 2 aromatic rings. The van der Waals surface area contributed by atoms with E-state index in [2.05, 4.69) is 19.2 Å². The van der Waals surface area contributed by atoms with Crippen LogP contribution >= 0.6 is 11.3 Å². The number of benzene rings is 1. The zero-order valence-electron chi connectivity index (χ0n) is 16.0. The van der Waals surface area contributed by atoms with Gasteiger partial charge in [-0.1, -0.05) is 32.4 Å². The van der Waals surface area contributed by atoms with E-state index < -0.39 is 5.97 Å². The lowest BCUT2D eigenvalue weighted by atomic mass is 9.99. The molecular weight excluding hydrogens is 358 g/mol. The van der Waals surface area contributed by atoms with Gasteiger partial charge in [-0.2, -0.15) is 0 Å². The molecule has 1 aromatic heterocycles. The molecule has 1 atom stereocenters. The Morgan fingerprint density at radius 1 is 1.15 bits per heavy atom.